The number of hydrogen-bond acceptors (Lipinski definition) is 4. The number of nitro benzene ring substituents is 1. The van der Waals surface area contributed by atoms with Crippen LogP contribution in [0.5, 0.6) is 0 Å². The van der Waals surface area contributed by atoms with Crippen molar-refractivity contribution in [3.05, 3.63) is 33.9 Å². The molecule has 1 N–H and O–H groups in total. The number of nitriles is 1. The second kappa shape index (κ2) is 4.88. The molecule has 0 radical (unpaired) electrons. The first-order valence-corrected chi connectivity index (χ1v) is 6.39. The van der Waals surface area contributed by atoms with E-state index < -0.39 is 4.92 Å². The largest absolute Gasteiger partial charge is 0.376 e. The molecule has 2 rings (SSSR count). The van der Waals surface area contributed by atoms with Crippen LogP contribution in [0, 0.1) is 26.9 Å². The smallest absolute Gasteiger partial charge is 0.292 e. The van der Waals surface area contributed by atoms with E-state index >= 15 is 0 Å². The van der Waals surface area contributed by atoms with Crippen LogP contribution < -0.4 is 5.32 Å². The maximum Gasteiger partial charge on any atom is 0.292 e. The third-order valence-corrected chi connectivity index (χ3v) is 3.91. The fourth-order valence-electron chi connectivity index (χ4n) is 2.66. The van der Waals surface area contributed by atoms with Gasteiger partial charge in [0.1, 0.15) is 5.69 Å². The molecule has 0 aromatic heterocycles. The minimum atomic E-state index is -0.411. The van der Waals surface area contributed by atoms with Crippen molar-refractivity contribution >= 4 is 11.4 Å². The van der Waals surface area contributed by atoms with Crippen molar-refractivity contribution in [2.75, 3.05) is 5.32 Å². The monoisotopic (exact) mass is 259 g/mol. The highest BCUT2D eigenvalue weighted by atomic mass is 16.6. The summed E-state index contributed by atoms with van der Waals surface area (Å²) in [7, 11) is 0. The average Bonchev–Trinajstić information content (AvgIpc) is 2.68. The summed E-state index contributed by atoms with van der Waals surface area (Å²) in [6.45, 7) is 4.33. The molecule has 100 valence electrons. The topological polar surface area (TPSA) is 79.0 Å². The number of rotatable bonds is 3. The van der Waals surface area contributed by atoms with E-state index in [9.17, 15) is 10.1 Å². The van der Waals surface area contributed by atoms with Gasteiger partial charge < -0.3 is 5.32 Å². The summed E-state index contributed by atoms with van der Waals surface area (Å²) in [6.07, 6.45) is 3.23. The summed E-state index contributed by atoms with van der Waals surface area (Å²) in [6, 6.07) is 6.65. The predicted molar refractivity (Wildman–Crippen MR) is 72.9 cm³/mol. The van der Waals surface area contributed by atoms with Gasteiger partial charge >= 0.3 is 0 Å². The van der Waals surface area contributed by atoms with Gasteiger partial charge in [0, 0.05) is 12.1 Å². The van der Waals surface area contributed by atoms with Crippen LogP contribution in [-0.2, 0) is 0 Å². The molecule has 0 amide bonds. The molecule has 0 aliphatic heterocycles. The van der Waals surface area contributed by atoms with E-state index in [1.165, 1.54) is 12.1 Å². The summed E-state index contributed by atoms with van der Waals surface area (Å²) in [5.74, 6) is 0. The van der Waals surface area contributed by atoms with Gasteiger partial charge in [0.05, 0.1) is 16.6 Å². The van der Waals surface area contributed by atoms with Gasteiger partial charge in [-0.15, -0.1) is 0 Å². The molecule has 1 aliphatic rings. The van der Waals surface area contributed by atoms with Crippen molar-refractivity contribution in [2.24, 2.45) is 5.41 Å². The molecule has 1 atom stereocenters. The van der Waals surface area contributed by atoms with Crippen LogP contribution in [0.25, 0.3) is 0 Å². The Labute approximate surface area is 112 Å². The number of nitrogens with zero attached hydrogens (tertiary/aromatic N) is 2. The Bertz CT molecular complexity index is 546. The molecule has 1 aliphatic carbocycles. The van der Waals surface area contributed by atoms with E-state index in [0.717, 1.165) is 19.3 Å². The minimum absolute atomic E-state index is 0.0294. The predicted octanol–water partition coefficient (Wildman–Crippen LogP) is 3.46. The molecular weight excluding hydrogens is 242 g/mol. The number of anilines is 1. The molecule has 0 spiro atoms. The van der Waals surface area contributed by atoms with Crippen molar-refractivity contribution in [1.29, 1.82) is 5.26 Å². The normalized spacial score (nSPS) is 20.8. The van der Waals surface area contributed by atoms with E-state index in [4.69, 9.17) is 5.26 Å². The maximum atomic E-state index is 11.0. The van der Waals surface area contributed by atoms with Gasteiger partial charge in [-0.3, -0.25) is 10.1 Å². The Morgan fingerprint density at radius 3 is 2.79 bits per heavy atom. The summed E-state index contributed by atoms with van der Waals surface area (Å²) in [5, 5.41) is 23.2. The molecule has 1 fully saturated rings. The zero-order chi connectivity index (χ0) is 14.0. The molecule has 5 heteroatoms. The van der Waals surface area contributed by atoms with Crippen LogP contribution in [0.1, 0.15) is 38.7 Å². The molecule has 1 aromatic rings. The first-order chi connectivity index (χ1) is 8.94. The lowest BCUT2D eigenvalue weighted by atomic mass is 9.87. The second-order valence-corrected chi connectivity index (χ2v) is 5.68. The molecular formula is C14H17N3O2. The van der Waals surface area contributed by atoms with Crippen LogP contribution >= 0.6 is 0 Å². The third kappa shape index (κ3) is 2.68. The standard InChI is InChI=1S/C14H17N3O2/c1-14(2)7-3-4-13(14)16-11-8-10(9-15)5-6-12(11)17(18)19/h5-6,8,13,16H,3-4,7H2,1-2H3. The first-order valence-electron chi connectivity index (χ1n) is 6.39. The lowest BCUT2D eigenvalue weighted by Crippen LogP contribution is -2.31. The van der Waals surface area contributed by atoms with Crippen LogP contribution in [0.2, 0.25) is 0 Å². The molecule has 1 saturated carbocycles. The molecule has 1 unspecified atom stereocenters. The van der Waals surface area contributed by atoms with Gasteiger partial charge in [-0.1, -0.05) is 20.3 Å². The summed E-state index contributed by atoms with van der Waals surface area (Å²) >= 11 is 0. The van der Waals surface area contributed by atoms with Gasteiger partial charge in [-0.05, 0) is 30.4 Å². The summed E-state index contributed by atoms with van der Waals surface area (Å²) in [5.41, 5.74) is 1.03. The van der Waals surface area contributed by atoms with Crippen LogP contribution in [-0.4, -0.2) is 11.0 Å². The molecule has 1 aromatic carbocycles. The van der Waals surface area contributed by atoms with Crippen molar-refractivity contribution in [2.45, 2.75) is 39.2 Å². The highest BCUT2D eigenvalue weighted by Crippen LogP contribution is 2.40. The lowest BCUT2D eigenvalue weighted by Gasteiger charge is -2.28. The summed E-state index contributed by atoms with van der Waals surface area (Å²) < 4.78 is 0. The SMILES string of the molecule is CC1(C)CCCC1Nc1cc(C#N)ccc1[N+](=O)[O-]. The van der Waals surface area contributed by atoms with E-state index in [2.05, 4.69) is 19.2 Å². The van der Waals surface area contributed by atoms with Crippen molar-refractivity contribution < 1.29 is 4.92 Å². The summed E-state index contributed by atoms with van der Waals surface area (Å²) in [4.78, 5) is 10.6. The van der Waals surface area contributed by atoms with E-state index in [-0.39, 0.29) is 17.1 Å². The van der Waals surface area contributed by atoms with Crippen molar-refractivity contribution in [1.82, 2.24) is 0 Å². The Kier molecular flexibility index (Phi) is 3.43. The number of nitrogens with one attached hydrogen (secondary N) is 1. The molecule has 19 heavy (non-hydrogen) atoms. The lowest BCUT2D eigenvalue weighted by molar-refractivity contribution is -0.384. The van der Waals surface area contributed by atoms with Gasteiger partial charge in [0.2, 0.25) is 0 Å². The molecule has 0 bridgehead atoms. The molecule has 0 saturated heterocycles. The molecule has 5 nitrogen and oxygen atoms in total. The highest BCUT2D eigenvalue weighted by Gasteiger charge is 2.35. The zero-order valence-corrected chi connectivity index (χ0v) is 11.1. The van der Waals surface area contributed by atoms with Gasteiger partial charge in [0.15, 0.2) is 0 Å². The van der Waals surface area contributed by atoms with E-state index in [1.807, 2.05) is 6.07 Å². The van der Waals surface area contributed by atoms with Crippen molar-refractivity contribution in [3.63, 3.8) is 0 Å². The Balaban J connectivity index is 2.33. The number of hydrogen-bond donors (Lipinski definition) is 1. The fourth-order valence-corrected chi connectivity index (χ4v) is 2.66. The highest BCUT2D eigenvalue weighted by molar-refractivity contribution is 5.65. The maximum absolute atomic E-state index is 11.0. The number of nitro groups is 1. The Hall–Kier alpha value is -2.09. The van der Waals surface area contributed by atoms with Crippen LogP contribution in [0.3, 0.4) is 0 Å². The van der Waals surface area contributed by atoms with E-state index in [1.54, 1.807) is 6.07 Å². The van der Waals surface area contributed by atoms with E-state index in [0.29, 0.717) is 11.3 Å². The third-order valence-electron chi connectivity index (χ3n) is 3.91. The minimum Gasteiger partial charge on any atom is -0.376 e. The molecule has 0 heterocycles. The average molecular weight is 259 g/mol. The van der Waals surface area contributed by atoms with Crippen molar-refractivity contribution in [3.8, 4) is 6.07 Å². The van der Waals surface area contributed by atoms with Crippen LogP contribution in [0.15, 0.2) is 18.2 Å². The first kappa shape index (κ1) is 13.3. The zero-order valence-electron chi connectivity index (χ0n) is 11.1. The van der Waals surface area contributed by atoms with Crippen LogP contribution in [0.4, 0.5) is 11.4 Å². The van der Waals surface area contributed by atoms with Gasteiger partial charge in [0.25, 0.3) is 5.69 Å². The Morgan fingerprint density at radius 2 is 2.26 bits per heavy atom. The second-order valence-electron chi connectivity index (χ2n) is 5.68. The van der Waals surface area contributed by atoms with Gasteiger partial charge in [-0.25, -0.2) is 0 Å². The Morgan fingerprint density at radius 1 is 1.53 bits per heavy atom. The quantitative estimate of drug-likeness (QED) is 0.666. The van der Waals surface area contributed by atoms with Gasteiger partial charge in [-0.2, -0.15) is 5.26 Å². The fraction of sp³-hybridized carbons (Fsp3) is 0.500. The number of benzene rings is 1.